The summed E-state index contributed by atoms with van der Waals surface area (Å²) in [5.41, 5.74) is 2.50. The molecule has 0 saturated carbocycles. The molecule has 0 unspecified atom stereocenters. The normalized spacial score (nSPS) is 10.4. The minimum Gasteiger partial charge on any atom is -0.467 e. The molecule has 0 saturated heterocycles. The maximum Gasteiger partial charge on any atom is 0.251 e. The van der Waals surface area contributed by atoms with E-state index in [2.05, 4.69) is 15.5 Å². The molecule has 20 heavy (non-hydrogen) atoms. The van der Waals surface area contributed by atoms with E-state index in [9.17, 15) is 4.79 Å². The number of hydrogen-bond donors (Lipinski definition) is 2. The van der Waals surface area contributed by atoms with Crippen molar-refractivity contribution < 1.29 is 9.21 Å². The van der Waals surface area contributed by atoms with Crippen LogP contribution in [-0.2, 0) is 6.54 Å². The lowest BCUT2D eigenvalue weighted by atomic mass is 10.1. The van der Waals surface area contributed by atoms with E-state index in [1.54, 1.807) is 30.8 Å². The van der Waals surface area contributed by atoms with Gasteiger partial charge in [-0.1, -0.05) is 12.1 Å². The molecule has 5 heteroatoms. The summed E-state index contributed by atoms with van der Waals surface area (Å²) >= 11 is 0. The Morgan fingerprint density at radius 2 is 2.20 bits per heavy atom. The zero-order valence-electron chi connectivity index (χ0n) is 10.7. The Morgan fingerprint density at radius 3 is 2.95 bits per heavy atom. The van der Waals surface area contributed by atoms with Crippen LogP contribution in [0.2, 0.25) is 0 Å². The zero-order chi connectivity index (χ0) is 13.8. The van der Waals surface area contributed by atoms with E-state index in [0.29, 0.717) is 12.1 Å². The number of nitrogens with zero attached hydrogens (tertiary/aromatic N) is 1. The Hall–Kier alpha value is -2.82. The average Bonchev–Trinajstić information content (AvgIpc) is 3.18. The molecule has 0 aliphatic rings. The number of aromatic nitrogens is 2. The van der Waals surface area contributed by atoms with Crippen LogP contribution in [0.3, 0.4) is 0 Å². The van der Waals surface area contributed by atoms with Crippen LogP contribution in [0.25, 0.3) is 11.1 Å². The molecule has 0 bridgehead atoms. The third-order valence-corrected chi connectivity index (χ3v) is 2.96. The lowest BCUT2D eigenvalue weighted by Gasteiger charge is -2.05. The molecule has 0 spiro atoms. The molecular formula is C15H13N3O2. The third kappa shape index (κ3) is 2.61. The Bertz CT molecular complexity index is 688. The summed E-state index contributed by atoms with van der Waals surface area (Å²) in [4.78, 5) is 12.1. The minimum atomic E-state index is -0.133. The van der Waals surface area contributed by atoms with E-state index in [1.165, 1.54) is 0 Å². The largest absolute Gasteiger partial charge is 0.467 e. The zero-order valence-corrected chi connectivity index (χ0v) is 10.7. The van der Waals surface area contributed by atoms with Crippen LogP contribution in [0.4, 0.5) is 0 Å². The molecule has 2 heterocycles. The number of rotatable bonds is 4. The van der Waals surface area contributed by atoms with Crippen molar-refractivity contribution in [3.8, 4) is 11.1 Å². The van der Waals surface area contributed by atoms with Crippen LogP contribution in [0, 0.1) is 0 Å². The molecule has 1 amide bonds. The van der Waals surface area contributed by atoms with Crippen molar-refractivity contribution in [1.29, 1.82) is 0 Å². The van der Waals surface area contributed by atoms with E-state index in [-0.39, 0.29) is 5.91 Å². The molecule has 2 N–H and O–H groups in total. The smallest absolute Gasteiger partial charge is 0.251 e. The van der Waals surface area contributed by atoms with Gasteiger partial charge in [0.05, 0.1) is 19.0 Å². The first-order chi connectivity index (χ1) is 9.83. The molecule has 0 aliphatic heterocycles. The molecule has 2 aromatic heterocycles. The van der Waals surface area contributed by atoms with Gasteiger partial charge in [0.1, 0.15) is 5.76 Å². The molecule has 100 valence electrons. The fourth-order valence-electron chi connectivity index (χ4n) is 1.93. The molecule has 3 rings (SSSR count). The van der Waals surface area contributed by atoms with Crippen molar-refractivity contribution in [2.75, 3.05) is 0 Å². The predicted molar refractivity (Wildman–Crippen MR) is 73.9 cm³/mol. The van der Waals surface area contributed by atoms with Crippen molar-refractivity contribution in [1.82, 2.24) is 15.5 Å². The number of nitrogens with one attached hydrogen (secondary N) is 2. The highest BCUT2D eigenvalue weighted by Crippen LogP contribution is 2.18. The van der Waals surface area contributed by atoms with Crippen molar-refractivity contribution in [2.45, 2.75) is 6.54 Å². The Morgan fingerprint density at radius 1 is 1.25 bits per heavy atom. The number of aromatic amines is 1. The number of carbonyl (C=O) groups is 1. The average molecular weight is 267 g/mol. The number of amides is 1. The van der Waals surface area contributed by atoms with E-state index >= 15 is 0 Å². The van der Waals surface area contributed by atoms with Gasteiger partial charge in [-0.2, -0.15) is 5.10 Å². The quantitative estimate of drug-likeness (QED) is 0.763. The summed E-state index contributed by atoms with van der Waals surface area (Å²) < 4.78 is 5.18. The first-order valence-corrected chi connectivity index (χ1v) is 6.23. The van der Waals surface area contributed by atoms with Crippen molar-refractivity contribution in [3.63, 3.8) is 0 Å². The first-order valence-electron chi connectivity index (χ1n) is 6.23. The summed E-state index contributed by atoms with van der Waals surface area (Å²) in [6, 6.07) is 11.0. The van der Waals surface area contributed by atoms with Gasteiger partial charge in [0.2, 0.25) is 0 Å². The molecule has 1 aromatic carbocycles. The van der Waals surface area contributed by atoms with Gasteiger partial charge in [-0.3, -0.25) is 9.89 Å². The maximum atomic E-state index is 12.1. The number of benzene rings is 1. The molecule has 0 radical (unpaired) electrons. The van der Waals surface area contributed by atoms with Crippen molar-refractivity contribution in [2.24, 2.45) is 0 Å². The maximum absolute atomic E-state index is 12.1. The summed E-state index contributed by atoms with van der Waals surface area (Å²) in [7, 11) is 0. The van der Waals surface area contributed by atoms with E-state index in [0.717, 1.165) is 16.9 Å². The van der Waals surface area contributed by atoms with Gasteiger partial charge >= 0.3 is 0 Å². The predicted octanol–water partition coefficient (Wildman–Crippen LogP) is 2.60. The van der Waals surface area contributed by atoms with E-state index < -0.39 is 0 Å². The van der Waals surface area contributed by atoms with Gasteiger partial charge in [-0.25, -0.2) is 0 Å². The highest BCUT2D eigenvalue weighted by Gasteiger charge is 2.08. The fourth-order valence-corrected chi connectivity index (χ4v) is 1.93. The van der Waals surface area contributed by atoms with Crippen LogP contribution < -0.4 is 5.32 Å². The number of furan rings is 1. The lowest BCUT2D eigenvalue weighted by Crippen LogP contribution is -2.22. The minimum absolute atomic E-state index is 0.133. The first kappa shape index (κ1) is 12.2. The highest BCUT2D eigenvalue weighted by molar-refractivity contribution is 5.95. The fraction of sp³-hybridized carbons (Fsp3) is 0.0667. The summed E-state index contributed by atoms with van der Waals surface area (Å²) in [6.07, 6.45) is 5.10. The van der Waals surface area contributed by atoms with Crippen LogP contribution in [-0.4, -0.2) is 16.1 Å². The molecule has 5 nitrogen and oxygen atoms in total. The lowest BCUT2D eigenvalue weighted by molar-refractivity contribution is 0.0948. The number of hydrogen-bond acceptors (Lipinski definition) is 3. The standard InChI is InChI=1S/C15H13N3O2/c19-15(16-10-14-5-2-6-20-14)12-4-1-3-11(7-12)13-8-17-18-9-13/h1-9H,10H2,(H,16,19)(H,17,18). The molecule has 0 fully saturated rings. The Balaban J connectivity index is 1.73. The van der Waals surface area contributed by atoms with E-state index in [1.807, 2.05) is 24.3 Å². The van der Waals surface area contributed by atoms with Crippen LogP contribution in [0.15, 0.2) is 59.5 Å². The second kappa shape index (κ2) is 5.44. The number of carbonyl (C=O) groups excluding carboxylic acids is 1. The molecule has 3 aromatic rings. The van der Waals surface area contributed by atoms with Gasteiger partial charge in [-0.05, 0) is 29.8 Å². The van der Waals surface area contributed by atoms with Gasteiger partial charge in [0, 0.05) is 17.3 Å². The Labute approximate surface area is 115 Å². The van der Waals surface area contributed by atoms with Gasteiger partial charge in [0.25, 0.3) is 5.91 Å². The number of H-pyrrole nitrogens is 1. The topological polar surface area (TPSA) is 70.9 Å². The monoisotopic (exact) mass is 267 g/mol. The van der Waals surface area contributed by atoms with Crippen LogP contribution >= 0.6 is 0 Å². The van der Waals surface area contributed by atoms with Crippen molar-refractivity contribution >= 4 is 5.91 Å². The van der Waals surface area contributed by atoms with Gasteiger partial charge in [-0.15, -0.1) is 0 Å². The molecule has 0 atom stereocenters. The van der Waals surface area contributed by atoms with Crippen LogP contribution in [0.5, 0.6) is 0 Å². The highest BCUT2D eigenvalue weighted by atomic mass is 16.3. The second-order valence-electron chi connectivity index (χ2n) is 4.33. The summed E-state index contributed by atoms with van der Waals surface area (Å²) in [5, 5.41) is 9.48. The van der Waals surface area contributed by atoms with Gasteiger partial charge in [0.15, 0.2) is 0 Å². The van der Waals surface area contributed by atoms with E-state index in [4.69, 9.17) is 4.42 Å². The summed E-state index contributed by atoms with van der Waals surface area (Å²) in [5.74, 6) is 0.594. The Kier molecular flexibility index (Phi) is 3.33. The summed E-state index contributed by atoms with van der Waals surface area (Å²) in [6.45, 7) is 0.377. The SMILES string of the molecule is O=C(NCc1ccco1)c1cccc(-c2cn[nH]c2)c1. The van der Waals surface area contributed by atoms with Crippen molar-refractivity contribution in [3.05, 3.63) is 66.4 Å². The molecule has 0 aliphatic carbocycles. The second-order valence-corrected chi connectivity index (χ2v) is 4.33. The molecular weight excluding hydrogens is 254 g/mol. The van der Waals surface area contributed by atoms with Crippen LogP contribution in [0.1, 0.15) is 16.1 Å². The third-order valence-electron chi connectivity index (χ3n) is 2.96. The van der Waals surface area contributed by atoms with Gasteiger partial charge < -0.3 is 9.73 Å².